The van der Waals surface area contributed by atoms with Gasteiger partial charge >= 0.3 is 0 Å². The molecule has 0 saturated heterocycles. The van der Waals surface area contributed by atoms with Crippen LogP contribution in [0.1, 0.15) is 19.5 Å². The minimum absolute atomic E-state index is 1.12. The highest BCUT2D eigenvalue weighted by molar-refractivity contribution is 7.26. The lowest BCUT2D eigenvalue weighted by Gasteiger charge is -1.95. The van der Waals surface area contributed by atoms with Gasteiger partial charge in [-0.1, -0.05) is 0 Å². The highest BCUT2D eigenvalue weighted by Crippen LogP contribution is 2.40. The van der Waals surface area contributed by atoms with Crippen molar-refractivity contribution in [3.63, 3.8) is 0 Å². The summed E-state index contributed by atoms with van der Waals surface area (Å²) in [5.41, 5.74) is 0. The summed E-state index contributed by atoms with van der Waals surface area (Å²) in [7, 11) is 0. The van der Waals surface area contributed by atoms with Crippen LogP contribution in [0, 0.1) is 13.8 Å². The number of aryl methyl sites for hydroxylation is 4. The summed E-state index contributed by atoms with van der Waals surface area (Å²) in [6.07, 6.45) is 2.25. The maximum atomic E-state index is 2.31. The van der Waals surface area contributed by atoms with Crippen molar-refractivity contribution in [3.05, 3.63) is 80.2 Å². The van der Waals surface area contributed by atoms with Gasteiger partial charge in [0, 0.05) is 48.8 Å². The molecule has 0 saturated carbocycles. The van der Waals surface area contributed by atoms with Crippen molar-refractivity contribution in [2.24, 2.45) is 0 Å². The maximum Gasteiger partial charge on any atom is 0.0449 e. The van der Waals surface area contributed by atoms with Crippen molar-refractivity contribution in [2.75, 3.05) is 0 Å². The van der Waals surface area contributed by atoms with E-state index in [-0.39, 0.29) is 0 Å². The SMILES string of the molecule is Cc1ccc(-c2ccc(CCc3ccc(-c4ccc(-c5ccc(C)s5)s4)s3)s2)s1. The Morgan fingerprint density at radius 1 is 0.414 bits per heavy atom. The first kappa shape index (κ1) is 19.5. The van der Waals surface area contributed by atoms with Gasteiger partial charge in [-0.2, -0.15) is 0 Å². The third kappa shape index (κ3) is 4.35. The van der Waals surface area contributed by atoms with Gasteiger partial charge in [0.05, 0.1) is 0 Å². The van der Waals surface area contributed by atoms with Crippen molar-refractivity contribution in [3.8, 4) is 29.3 Å². The minimum Gasteiger partial charge on any atom is -0.140 e. The predicted molar refractivity (Wildman–Crippen MR) is 135 cm³/mol. The lowest BCUT2D eigenvalue weighted by molar-refractivity contribution is 1.00. The molecule has 0 nitrogen and oxygen atoms in total. The molecule has 0 aliphatic heterocycles. The average Bonchev–Trinajstić information content (AvgIpc) is 3.48. The Morgan fingerprint density at radius 2 is 0.759 bits per heavy atom. The van der Waals surface area contributed by atoms with Gasteiger partial charge in [-0.3, -0.25) is 0 Å². The van der Waals surface area contributed by atoms with Crippen LogP contribution >= 0.6 is 56.7 Å². The van der Waals surface area contributed by atoms with Crippen LogP contribution in [0.25, 0.3) is 29.3 Å². The van der Waals surface area contributed by atoms with Crippen molar-refractivity contribution < 1.29 is 0 Å². The molecule has 29 heavy (non-hydrogen) atoms. The molecule has 0 aliphatic carbocycles. The third-order valence-corrected chi connectivity index (χ3v) is 10.7. The molecule has 0 N–H and O–H groups in total. The molecule has 5 heterocycles. The van der Waals surface area contributed by atoms with Crippen molar-refractivity contribution in [1.29, 1.82) is 0 Å². The molecular formula is C24H20S5. The van der Waals surface area contributed by atoms with Gasteiger partial charge in [-0.25, -0.2) is 0 Å². The smallest absolute Gasteiger partial charge is 0.0449 e. The molecule has 5 aromatic heterocycles. The zero-order valence-corrected chi connectivity index (χ0v) is 20.3. The molecule has 0 amide bonds. The van der Waals surface area contributed by atoms with E-state index in [9.17, 15) is 0 Å². The summed E-state index contributed by atoms with van der Waals surface area (Å²) in [4.78, 5) is 14.0. The molecule has 0 fully saturated rings. The fraction of sp³-hybridized carbons (Fsp3) is 0.167. The Balaban J connectivity index is 1.25. The third-order valence-electron chi connectivity index (χ3n) is 4.76. The fourth-order valence-corrected chi connectivity index (χ4v) is 8.30. The van der Waals surface area contributed by atoms with Crippen LogP contribution in [0.3, 0.4) is 0 Å². The number of rotatable bonds is 6. The molecule has 0 atom stereocenters. The molecule has 146 valence electrons. The second-order valence-electron chi connectivity index (χ2n) is 7.02. The average molecular weight is 469 g/mol. The van der Waals surface area contributed by atoms with Gasteiger partial charge in [0.1, 0.15) is 0 Å². The molecule has 5 aromatic rings. The second-order valence-corrected chi connectivity index (χ2v) is 13.0. The predicted octanol–water partition coefficient (Wildman–Crippen LogP) is 9.40. The highest BCUT2D eigenvalue weighted by Gasteiger charge is 2.10. The van der Waals surface area contributed by atoms with Crippen LogP contribution in [0.15, 0.2) is 60.7 Å². The molecule has 0 spiro atoms. The van der Waals surface area contributed by atoms with E-state index < -0.39 is 0 Å². The molecule has 0 unspecified atom stereocenters. The molecule has 5 heteroatoms. The van der Waals surface area contributed by atoms with Gasteiger partial charge in [0.2, 0.25) is 0 Å². The summed E-state index contributed by atoms with van der Waals surface area (Å²) in [5, 5.41) is 0. The van der Waals surface area contributed by atoms with Gasteiger partial charge in [0.25, 0.3) is 0 Å². The van der Waals surface area contributed by atoms with E-state index in [1.807, 2.05) is 56.7 Å². The Morgan fingerprint density at radius 3 is 1.17 bits per heavy atom. The zero-order valence-electron chi connectivity index (χ0n) is 16.2. The standard InChI is InChI=1S/C24H20S5/c1-15-3-9-19(25-15)21-11-7-17(27-21)5-6-18-8-12-22(28-18)24-14-13-23(29-24)20-10-4-16(2)26-20/h3-4,7-14H,5-6H2,1-2H3. The van der Waals surface area contributed by atoms with E-state index >= 15 is 0 Å². The number of thiophene rings is 5. The van der Waals surface area contributed by atoms with Crippen LogP contribution in [0.4, 0.5) is 0 Å². The van der Waals surface area contributed by atoms with Crippen LogP contribution in [0.2, 0.25) is 0 Å². The van der Waals surface area contributed by atoms with Gasteiger partial charge in [-0.15, -0.1) is 56.7 Å². The Labute approximate surface area is 191 Å². The quantitative estimate of drug-likeness (QED) is 0.233. The molecule has 0 radical (unpaired) electrons. The zero-order chi connectivity index (χ0) is 19.8. The molecule has 0 bridgehead atoms. The van der Waals surface area contributed by atoms with E-state index in [4.69, 9.17) is 0 Å². The summed E-state index contributed by atoms with van der Waals surface area (Å²) in [6.45, 7) is 4.35. The molecule has 5 rings (SSSR count). The van der Waals surface area contributed by atoms with Crippen LogP contribution in [-0.4, -0.2) is 0 Å². The van der Waals surface area contributed by atoms with E-state index in [0.29, 0.717) is 0 Å². The topological polar surface area (TPSA) is 0 Å². The van der Waals surface area contributed by atoms with E-state index in [0.717, 1.165) is 12.8 Å². The largest absolute Gasteiger partial charge is 0.140 e. The minimum atomic E-state index is 1.12. The Hall–Kier alpha value is -1.50. The van der Waals surface area contributed by atoms with E-state index in [2.05, 4.69) is 74.5 Å². The van der Waals surface area contributed by atoms with Gasteiger partial charge < -0.3 is 0 Å². The van der Waals surface area contributed by atoms with Crippen molar-refractivity contribution in [1.82, 2.24) is 0 Å². The normalized spacial score (nSPS) is 11.4. The van der Waals surface area contributed by atoms with Crippen molar-refractivity contribution in [2.45, 2.75) is 26.7 Å². The summed E-state index contributed by atoms with van der Waals surface area (Å²) < 4.78 is 0. The maximum absolute atomic E-state index is 2.31. The summed E-state index contributed by atoms with van der Waals surface area (Å²) in [6, 6.07) is 22.6. The molecular weight excluding hydrogens is 449 g/mol. The van der Waals surface area contributed by atoms with Crippen LogP contribution in [-0.2, 0) is 12.8 Å². The second kappa shape index (κ2) is 8.32. The summed E-state index contributed by atoms with van der Waals surface area (Å²) in [5.74, 6) is 0. The Bertz CT molecular complexity index is 1240. The number of hydrogen-bond donors (Lipinski definition) is 0. The van der Waals surface area contributed by atoms with Crippen molar-refractivity contribution >= 4 is 56.7 Å². The van der Waals surface area contributed by atoms with E-state index in [1.165, 1.54) is 48.8 Å². The first-order valence-corrected chi connectivity index (χ1v) is 13.6. The lowest BCUT2D eigenvalue weighted by Crippen LogP contribution is -1.83. The Kier molecular flexibility index (Phi) is 5.59. The fourth-order valence-electron chi connectivity index (χ4n) is 3.27. The highest BCUT2D eigenvalue weighted by atomic mass is 32.1. The van der Waals surface area contributed by atoms with Crippen LogP contribution < -0.4 is 0 Å². The van der Waals surface area contributed by atoms with E-state index in [1.54, 1.807) is 0 Å². The van der Waals surface area contributed by atoms with Gasteiger partial charge in [-0.05, 0) is 87.4 Å². The first-order chi connectivity index (χ1) is 14.1. The van der Waals surface area contributed by atoms with Gasteiger partial charge in [0.15, 0.2) is 0 Å². The lowest BCUT2D eigenvalue weighted by atomic mass is 10.2. The van der Waals surface area contributed by atoms with Crippen LogP contribution in [0.5, 0.6) is 0 Å². The first-order valence-electron chi connectivity index (χ1n) is 9.55. The molecule has 0 aromatic carbocycles. The monoisotopic (exact) mass is 468 g/mol. The number of hydrogen-bond acceptors (Lipinski definition) is 5. The summed E-state index contributed by atoms with van der Waals surface area (Å²) >= 11 is 9.56. The molecule has 0 aliphatic rings.